The smallest absolute Gasteiger partial charge is 0.0186 e. The van der Waals surface area contributed by atoms with Gasteiger partial charge in [0.2, 0.25) is 0 Å². The Labute approximate surface area is 160 Å². The van der Waals surface area contributed by atoms with Crippen molar-refractivity contribution >= 4 is 0 Å². The van der Waals surface area contributed by atoms with Gasteiger partial charge in [-0.05, 0) is 32.4 Å². The van der Waals surface area contributed by atoms with Crippen LogP contribution in [0.4, 0.5) is 0 Å². The van der Waals surface area contributed by atoms with Crippen molar-refractivity contribution in [2.45, 2.75) is 124 Å². The largest absolute Gasteiger partial charge is 0.300 e. The summed E-state index contributed by atoms with van der Waals surface area (Å²) < 4.78 is 0. The molecule has 0 aliphatic carbocycles. The number of rotatable bonds is 18. The van der Waals surface area contributed by atoms with Gasteiger partial charge >= 0.3 is 0 Å². The minimum Gasteiger partial charge on any atom is -0.300 e. The molecular weight excluding hydrogens is 302 g/mol. The molecule has 1 unspecified atom stereocenters. The molecule has 0 rings (SSSR count). The molecule has 25 heavy (non-hydrogen) atoms. The Kier molecular flexibility index (Phi) is 15.7. The van der Waals surface area contributed by atoms with Crippen LogP contribution in [0.15, 0.2) is 12.7 Å². The van der Waals surface area contributed by atoms with E-state index in [1.807, 2.05) is 0 Å². The first kappa shape index (κ1) is 24.7. The third kappa shape index (κ3) is 9.27. The van der Waals surface area contributed by atoms with Crippen LogP contribution in [0.1, 0.15) is 118 Å². The van der Waals surface area contributed by atoms with E-state index < -0.39 is 0 Å². The van der Waals surface area contributed by atoms with Crippen molar-refractivity contribution in [2.75, 3.05) is 13.1 Å². The normalized spacial score (nSPS) is 13.4. The minimum atomic E-state index is 0.321. The lowest BCUT2D eigenvalue weighted by Gasteiger charge is -2.45. The summed E-state index contributed by atoms with van der Waals surface area (Å²) in [7, 11) is 0. The van der Waals surface area contributed by atoms with Crippen LogP contribution in [0.3, 0.4) is 0 Å². The lowest BCUT2D eigenvalue weighted by Crippen LogP contribution is -2.47. The second-order valence-electron chi connectivity index (χ2n) is 7.94. The Morgan fingerprint density at radius 1 is 0.720 bits per heavy atom. The second kappa shape index (κ2) is 15.9. The molecule has 0 aliphatic heterocycles. The molecule has 1 heteroatoms. The van der Waals surface area contributed by atoms with E-state index >= 15 is 0 Å². The number of unbranched alkanes of at least 4 members (excludes halogenated alkanes) is 7. The molecule has 0 saturated heterocycles. The van der Waals surface area contributed by atoms with Crippen molar-refractivity contribution in [3.63, 3.8) is 0 Å². The quantitative estimate of drug-likeness (QED) is 0.178. The fourth-order valence-electron chi connectivity index (χ4n) is 4.43. The van der Waals surface area contributed by atoms with E-state index in [-0.39, 0.29) is 0 Å². The minimum absolute atomic E-state index is 0.321. The maximum atomic E-state index is 4.35. The van der Waals surface area contributed by atoms with Crippen LogP contribution in [0.25, 0.3) is 0 Å². The molecule has 0 aromatic rings. The summed E-state index contributed by atoms with van der Waals surface area (Å²) in [4.78, 5) is 2.74. The predicted octanol–water partition coefficient (Wildman–Crippen LogP) is 8.00. The van der Waals surface area contributed by atoms with Crippen molar-refractivity contribution in [2.24, 2.45) is 5.41 Å². The lowest BCUT2D eigenvalue weighted by molar-refractivity contribution is 0.0770. The lowest BCUT2D eigenvalue weighted by atomic mass is 9.70. The van der Waals surface area contributed by atoms with E-state index in [0.717, 1.165) is 0 Å². The van der Waals surface area contributed by atoms with Crippen LogP contribution in [-0.2, 0) is 0 Å². The molecule has 0 heterocycles. The molecule has 150 valence electrons. The van der Waals surface area contributed by atoms with Crippen LogP contribution in [0, 0.1) is 5.41 Å². The van der Waals surface area contributed by atoms with Gasteiger partial charge in [0.05, 0.1) is 0 Å². The molecule has 0 fully saturated rings. The SMILES string of the molecule is C=CC(CCCC)(CCCC)C(CCCCCCCC)N(CC)CC. The summed E-state index contributed by atoms with van der Waals surface area (Å²) in [6.07, 6.45) is 20.0. The van der Waals surface area contributed by atoms with Gasteiger partial charge in [-0.3, -0.25) is 0 Å². The van der Waals surface area contributed by atoms with Crippen LogP contribution in [-0.4, -0.2) is 24.0 Å². The topological polar surface area (TPSA) is 3.24 Å². The van der Waals surface area contributed by atoms with Crippen LogP contribution in [0.2, 0.25) is 0 Å². The predicted molar refractivity (Wildman–Crippen MR) is 116 cm³/mol. The summed E-state index contributed by atoms with van der Waals surface area (Å²) in [6, 6.07) is 0.685. The van der Waals surface area contributed by atoms with Crippen molar-refractivity contribution < 1.29 is 0 Å². The molecule has 0 saturated carbocycles. The van der Waals surface area contributed by atoms with Crippen molar-refractivity contribution in [1.29, 1.82) is 0 Å². The van der Waals surface area contributed by atoms with E-state index in [9.17, 15) is 0 Å². The van der Waals surface area contributed by atoms with E-state index in [4.69, 9.17) is 0 Å². The average Bonchev–Trinajstić information content (AvgIpc) is 2.65. The first-order valence-electron chi connectivity index (χ1n) is 11.5. The van der Waals surface area contributed by atoms with Gasteiger partial charge in [0.15, 0.2) is 0 Å². The second-order valence-corrected chi connectivity index (χ2v) is 7.94. The van der Waals surface area contributed by atoms with Crippen molar-refractivity contribution in [3.05, 3.63) is 12.7 Å². The van der Waals surface area contributed by atoms with Gasteiger partial charge in [0.1, 0.15) is 0 Å². The van der Waals surface area contributed by atoms with E-state index in [0.29, 0.717) is 11.5 Å². The maximum Gasteiger partial charge on any atom is 0.0186 e. The van der Waals surface area contributed by atoms with Gasteiger partial charge in [-0.1, -0.05) is 105 Å². The van der Waals surface area contributed by atoms with E-state index in [1.54, 1.807) is 0 Å². The van der Waals surface area contributed by atoms with E-state index in [2.05, 4.69) is 52.2 Å². The third-order valence-corrected chi connectivity index (χ3v) is 6.15. The van der Waals surface area contributed by atoms with E-state index in [1.165, 1.54) is 96.6 Å². The van der Waals surface area contributed by atoms with Crippen molar-refractivity contribution in [3.8, 4) is 0 Å². The molecule has 0 aromatic heterocycles. The summed E-state index contributed by atoms with van der Waals surface area (Å²) in [5, 5.41) is 0. The Hall–Kier alpha value is -0.300. The van der Waals surface area contributed by atoms with Crippen molar-refractivity contribution in [1.82, 2.24) is 4.90 Å². The molecule has 0 spiro atoms. The number of hydrogen-bond donors (Lipinski definition) is 0. The third-order valence-electron chi connectivity index (χ3n) is 6.15. The highest BCUT2D eigenvalue weighted by Crippen LogP contribution is 2.41. The monoisotopic (exact) mass is 351 g/mol. The standard InChI is InChI=1S/C24H49N/c1-7-13-16-17-18-19-20-23(25(11-5)12-6)24(10-4,21-14-8-2)22-15-9-3/h10,23H,4,7-9,11-22H2,1-3,5-6H3. The molecule has 0 radical (unpaired) electrons. The van der Waals surface area contributed by atoms with Gasteiger partial charge in [-0.25, -0.2) is 0 Å². The molecular formula is C24H49N. The Bertz CT molecular complexity index is 284. The molecule has 1 atom stereocenters. The zero-order valence-electron chi connectivity index (χ0n) is 18.4. The summed E-state index contributed by atoms with van der Waals surface area (Å²) >= 11 is 0. The molecule has 0 aliphatic rings. The summed E-state index contributed by atoms with van der Waals surface area (Å²) in [6.45, 7) is 18.3. The number of nitrogens with zero attached hydrogens (tertiary/aromatic N) is 1. The molecule has 0 amide bonds. The van der Waals surface area contributed by atoms with Gasteiger partial charge in [-0.2, -0.15) is 0 Å². The molecule has 0 N–H and O–H groups in total. The summed E-state index contributed by atoms with van der Waals surface area (Å²) in [5.74, 6) is 0. The zero-order chi connectivity index (χ0) is 19.0. The average molecular weight is 352 g/mol. The fourth-order valence-corrected chi connectivity index (χ4v) is 4.43. The Morgan fingerprint density at radius 3 is 1.64 bits per heavy atom. The van der Waals surface area contributed by atoms with Gasteiger partial charge < -0.3 is 4.90 Å². The van der Waals surface area contributed by atoms with Gasteiger partial charge in [0, 0.05) is 11.5 Å². The first-order chi connectivity index (χ1) is 12.2. The molecule has 0 aromatic carbocycles. The molecule has 1 nitrogen and oxygen atoms in total. The number of hydrogen-bond acceptors (Lipinski definition) is 1. The van der Waals surface area contributed by atoms with Crippen LogP contribution >= 0.6 is 0 Å². The highest BCUT2D eigenvalue weighted by atomic mass is 15.2. The Morgan fingerprint density at radius 2 is 1.20 bits per heavy atom. The fraction of sp³-hybridized carbons (Fsp3) is 0.917. The van der Waals surface area contributed by atoms with Crippen LogP contribution < -0.4 is 0 Å². The zero-order valence-corrected chi connectivity index (χ0v) is 18.4. The Balaban J connectivity index is 5.07. The highest BCUT2D eigenvalue weighted by molar-refractivity contribution is 5.03. The first-order valence-corrected chi connectivity index (χ1v) is 11.5. The highest BCUT2D eigenvalue weighted by Gasteiger charge is 2.37. The van der Waals surface area contributed by atoms with Gasteiger partial charge in [-0.15, -0.1) is 6.58 Å². The molecule has 0 bridgehead atoms. The maximum absolute atomic E-state index is 4.35. The van der Waals surface area contributed by atoms with Crippen LogP contribution in [0.5, 0.6) is 0 Å². The van der Waals surface area contributed by atoms with Gasteiger partial charge in [0.25, 0.3) is 0 Å². The summed E-state index contributed by atoms with van der Waals surface area (Å²) in [5.41, 5.74) is 0.321.